The fraction of sp³-hybridized carbons (Fsp3) is 0.421. The van der Waals surface area contributed by atoms with Gasteiger partial charge in [-0.2, -0.15) is 0 Å². The molecule has 0 unspecified atom stereocenters. The Morgan fingerprint density at radius 2 is 1.70 bits per heavy atom. The average molecular weight is 374 g/mol. The van der Waals surface area contributed by atoms with Gasteiger partial charge in [0.05, 0.1) is 0 Å². The van der Waals surface area contributed by atoms with Crippen LogP contribution in [0.25, 0.3) is 6.08 Å². The number of piperazine rings is 1. The summed E-state index contributed by atoms with van der Waals surface area (Å²) in [6.45, 7) is 4.10. The van der Waals surface area contributed by atoms with E-state index in [1.165, 1.54) is 13.0 Å². The molecule has 0 aromatic heterocycles. The Kier molecular flexibility index (Phi) is 5.95. The number of esters is 1. The Labute approximate surface area is 157 Å². The zero-order valence-electron chi connectivity index (χ0n) is 15.2. The van der Waals surface area contributed by atoms with E-state index in [2.05, 4.69) is 0 Å². The molecule has 3 rings (SSSR count). The zero-order chi connectivity index (χ0) is 19.2. The normalized spacial score (nSPS) is 16.3. The highest BCUT2D eigenvalue weighted by molar-refractivity contribution is 5.89. The van der Waals surface area contributed by atoms with Crippen LogP contribution in [0.2, 0.25) is 0 Å². The minimum Gasteiger partial charge on any atom is -0.486 e. The first kappa shape index (κ1) is 18.8. The summed E-state index contributed by atoms with van der Waals surface area (Å²) in [6.07, 6.45) is 2.86. The van der Waals surface area contributed by atoms with E-state index in [0.29, 0.717) is 50.9 Å². The number of nitrogens with zero attached hydrogens (tertiary/aromatic N) is 2. The second kappa shape index (κ2) is 8.57. The van der Waals surface area contributed by atoms with Crippen molar-refractivity contribution in [2.75, 3.05) is 46.0 Å². The highest BCUT2D eigenvalue weighted by atomic mass is 16.6. The maximum Gasteiger partial charge on any atom is 0.331 e. The molecule has 1 saturated heterocycles. The maximum absolute atomic E-state index is 12.1. The van der Waals surface area contributed by atoms with Gasteiger partial charge < -0.3 is 24.0 Å². The Bertz CT molecular complexity index is 753. The van der Waals surface area contributed by atoms with Crippen molar-refractivity contribution in [1.82, 2.24) is 9.80 Å². The first-order valence-corrected chi connectivity index (χ1v) is 8.81. The van der Waals surface area contributed by atoms with Gasteiger partial charge in [-0.1, -0.05) is 6.07 Å². The molecule has 0 saturated carbocycles. The number of hydrogen-bond donors (Lipinski definition) is 0. The topological polar surface area (TPSA) is 85.4 Å². The van der Waals surface area contributed by atoms with Crippen molar-refractivity contribution in [2.24, 2.45) is 0 Å². The van der Waals surface area contributed by atoms with E-state index in [0.717, 1.165) is 5.56 Å². The van der Waals surface area contributed by atoms with Crippen molar-refractivity contribution >= 4 is 23.9 Å². The summed E-state index contributed by atoms with van der Waals surface area (Å²) >= 11 is 0. The number of rotatable bonds is 4. The smallest absolute Gasteiger partial charge is 0.331 e. The van der Waals surface area contributed by atoms with Gasteiger partial charge in [0.15, 0.2) is 18.1 Å². The second-order valence-corrected chi connectivity index (χ2v) is 6.23. The lowest BCUT2D eigenvalue weighted by molar-refractivity contribution is -0.149. The SMILES string of the molecule is CC(=O)N1CCN(C(=O)COC(=O)/C=C/c2ccc3c(c2)OCCO3)CC1. The summed E-state index contributed by atoms with van der Waals surface area (Å²) in [6, 6.07) is 5.36. The number of carbonyl (C=O) groups excluding carboxylic acids is 3. The maximum atomic E-state index is 12.1. The third kappa shape index (κ3) is 4.99. The molecule has 0 spiro atoms. The van der Waals surface area contributed by atoms with E-state index >= 15 is 0 Å². The van der Waals surface area contributed by atoms with Crippen LogP contribution >= 0.6 is 0 Å². The molecule has 0 N–H and O–H groups in total. The summed E-state index contributed by atoms with van der Waals surface area (Å²) in [5.74, 6) is 0.450. The highest BCUT2D eigenvalue weighted by Gasteiger charge is 2.22. The predicted molar refractivity (Wildman–Crippen MR) is 96.3 cm³/mol. The van der Waals surface area contributed by atoms with Gasteiger partial charge >= 0.3 is 5.97 Å². The monoisotopic (exact) mass is 374 g/mol. The van der Waals surface area contributed by atoms with Crippen LogP contribution in [-0.2, 0) is 19.1 Å². The lowest BCUT2D eigenvalue weighted by Crippen LogP contribution is -2.51. The van der Waals surface area contributed by atoms with E-state index in [-0.39, 0.29) is 18.4 Å². The van der Waals surface area contributed by atoms with Gasteiger partial charge in [-0.3, -0.25) is 9.59 Å². The molecule has 2 heterocycles. The minimum atomic E-state index is -0.597. The molecular formula is C19H22N2O6. The predicted octanol–water partition coefficient (Wildman–Crippen LogP) is 0.705. The van der Waals surface area contributed by atoms with Crippen LogP contribution in [0.4, 0.5) is 0 Å². The molecule has 2 aliphatic rings. The summed E-state index contributed by atoms with van der Waals surface area (Å²) < 4.78 is 15.9. The molecule has 1 aromatic carbocycles. The van der Waals surface area contributed by atoms with Crippen molar-refractivity contribution < 1.29 is 28.6 Å². The number of carbonyl (C=O) groups is 3. The molecule has 1 fully saturated rings. The number of benzene rings is 1. The van der Waals surface area contributed by atoms with Gasteiger partial charge in [0.2, 0.25) is 5.91 Å². The first-order valence-electron chi connectivity index (χ1n) is 8.81. The first-order chi connectivity index (χ1) is 13.0. The third-order valence-corrected chi connectivity index (χ3v) is 4.39. The Hall–Kier alpha value is -3.03. The standard InChI is InChI=1S/C19H22N2O6/c1-14(22)20-6-8-21(9-7-20)18(23)13-27-19(24)5-3-15-2-4-16-17(12-15)26-11-10-25-16/h2-5,12H,6-11,13H2,1H3/b5-3+. The van der Waals surface area contributed by atoms with Gasteiger partial charge in [-0.25, -0.2) is 4.79 Å². The fourth-order valence-electron chi connectivity index (χ4n) is 2.87. The molecule has 0 atom stereocenters. The Morgan fingerprint density at radius 3 is 2.41 bits per heavy atom. The van der Waals surface area contributed by atoms with Gasteiger partial charge in [0, 0.05) is 39.2 Å². The lowest BCUT2D eigenvalue weighted by Gasteiger charge is -2.34. The molecule has 144 valence electrons. The molecule has 0 aliphatic carbocycles. The summed E-state index contributed by atoms with van der Waals surface area (Å²) in [4.78, 5) is 38.5. The van der Waals surface area contributed by atoms with Crippen LogP contribution in [0.3, 0.4) is 0 Å². The third-order valence-electron chi connectivity index (χ3n) is 4.39. The highest BCUT2D eigenvalue weighted by Crippen LogP contribution is 2.31. The summed E-state index contributed by atoms with van der Waals surface area (Å²) in [5, 5.41) is 0. The van der Waals surface area contributed by atoms with Crippen molar-refractivity contribution in [3.63, 3.8) is 0 Å². The number of fused-ring (bicyclic) bond motifs is 1. The molecule has 0 radical (unpaired) electrons. The Morgan fingerprint density at radius 1 is 1.04 bits per heavy atom. The molecule has 27 heavy (non-hydrogen) atoms. The fourth-order valence-corrected chi connectivity index (χ4v) is 2.87. The van der Waals surface area contributed by atoms with Crippen LogP contribution in [0.15, 0.2) is 24.3 Å². The summed E-state index contributed by atoms with van der Waals surface area (Å²) in [7, 11) is 0. The van der Waals surface area contributed by atoms with Crippen molar-refractivity contribution in [3.05, 3.63) is 29.8 Å². The molecule has 8 heteroatoms. The van der Waals surface area contributed by atoms with E-state index in [1.807, 2.05) is 0 Å². The van der Waals surface area contributed by atoms with E-state index in [1.54, 1.807) is 34.1 Å². The van der Waals surface area contributed by atoms with Crippen molar-refractivity contribution in [3.8, 4) is 11.5 Å². The molecule has 2 aliphatic heterocycles. The Balaban J connectivity index is 1.45. The van der Waals surface area contributed by atoms with E-state index in [4.69, 9.17) is 14.2 Å². The van der Waals surface area contributed by atoms with Crippen LogP contribution in [0.1, 0.15) is 12.5 Å². The van der Waals surface area contributed by atoms with Crippen LogP contribution in [-0.4, -0.2) is 73.6 Å². The molecule has 8 nitrogen and oxygen atoms in total. The van der Waals surface area contributed by atoms with E-state index in [9.17, 15) is 14.4 Å². The van der Waals surface area contributed by atoms with Gasteiger partial charge in [-0.15, -0.1) is 0 Å². The number of amides is 2. The minimum absolute atomic E-state index is 0.00203. The number of hydrogen-bond acceptors (Lipinski definition) is 6. The molecule has 0 bridgehead atoms. The molecule has 1 aromatic rings. The average Bonchev–Trinajstić information content (AvgIpc) is 2.70. The lowest BCUT2D eigenvalue weighted by atomic mass is 10.2. The van der Waals surface area contributed by atoms with Gasteiger partial charge in [-0.05, 0) is 23.8 Å². The van der Waals surface area contributed by atoms with Gasteiger partial charge in [0.1, 0.15) is 13.2 Å². The van der Waals surface area contributed by atoms with Gasteiger partial charge in [0.25, 0.3) is 5.91 Å². The quantitative estimate of drug-likeness (QED) is 0.570. The molecule has 2 amide bonds. The van der Waals surface area contributed by atoms with Crippen LogP contribution in [0.5, 0.6) is 11.5 Å². The zero-order valence-corrected chi connectivity index (χ0v) is 15.2. The largest absolute Gasteiger partial charge is 0.486 e. The van der Waals surface area contributed by atoms with Crippen molar-refractivity contribution in [2.45, 2.75) is 6.92 Å². The molecular weight excluding hydrogens is 352 g/mol. The van der Waals surface area contributed by atoms with Crippen LogP contribution in [0, 0.1) is 0 Å². The van der Waals surface area contributed by atoms with Crippen LogP contribution < -0.4 is 9.47 Å². The number of ether oxygens (including phenoxy) is 3. The van der Waals surface area contributed by atoms with E-state index < -0.39 is 5.97 Å². The second-order valence-electron chi connectivity index (χ2n) is 6.23. The van der Waals surface area contributed by atoms with Crippen molar-refractivity contribution in [1.29, 1.82) is 0 Å². The summed E-state index contributed by atoms with van der Waals surface area (Å²) in [5.41, 5.74) is 0.767.